The molecular formula is C32H51F2N. The maximum absolute atomic E-state index is 13.3. The molecule has 0 bridgehead atoms. The Hall–Kier alpha value is -2.62. The number of unbranched alkanes of at least 4 members (excludes halogenated alkanes) is 4. The molecule has 0 aliphatic heterocycles. The molecule has 0 saturated heterocycles. The Bertz CT molecular complexity index is 692. The summed E-state index contributed by atoms with van der Waals surface area (Å²) < 4.78 is 26.0. The summed E-state index contributed by atoms with van der Waals surface area (Å²) in [4.78, 5) is 0. The van der Waals surface area contributed by atoms with Crippen LogP contribution in [0.2, 0.25) is 0 Å². The molecule has 0 spiro atoms. The molecule has 0 amide bonds. The SMILES string of the molecule is C#C.C#C.C=C(C)CNCC.C=CCCCCCC.CC.CC1CC=C(c2ccc(F)cc2F)C1. The molecule has 1 aliphatic carbocycles. The third kappa shape index (κ3) is 25.8. The fourth-order valence-electron chi connectivity index (χ4n) is 2.91. The molecule has 198 valence electrons. The van der Waals surface area contributed by atoms with Crippen molar-refractivity contribution >= 4 is 5.57 Å². The topological polar surface area (TPSA) is 12.0 Å². The van der Waals surface area contributed by atoms with Crippen molar-refractivity contribution in [3.63, 3.8) is 0 Å². The lowest BCUT2D eigenvalue weighted by molar-refractivity contribution is 0.579. The highest BCUT2D eigenvalue weighted by Gasteiger charge is 2.16. The standard InChI is InChI=1S/C12H12F2.C8H16.C6H13N.C2H6.2C2H2/c1-8-2-3-9(6-8)11-5-4-10(13)7-12(11)14;1-3-5-7-8-6-4-2;1-4-7-5-6(2)3;3*1-2/h3-5,7-8H,2,6H2,1H3;3H,1,4-8H2,2H3;7H,2,4-5H2,1,3H3;1-2H3;2*1-2H. The molecule has 1 N–H and O–H groups in total. The van der Waals surface area contributed by atoms with Gasteiger partial charge in [-0.2, -0.15) is 0 Å². The van der Waals surface area contributed by atoms with Crippen LogP contribution in [-0.4, -0.2) is 13.1 Å². The van der Waals surface area contributed by atoms with Gasteiger partial charge >= 0.3 is 0 Å². The van der Waals surface area contributed by atoms with Crippen molar-refractivity contribution in [1.29, 1.82) is 0 Å². The number of allylic oxidation sites excluding steroid dienone is 3. The number of benzene rings is 1. The number of halogens is 2. The van der Waals surface area contributed by atoms with E-state index in [1.165, 1.54) is 49.8 Å². The number of hydrogen-bond acceptors (Lipinski definition) is 1. The zero-order valence-corrected chi connectivity index (χ0v) is 23.3. The van der Waals surface area contributed by atoms with Crippen molar-refractivity contribution in [3.8, 4) is 25.7 Å². The quantitative estimate of drug-likeness (QED) is 0.208. The van der Waals surface area contributed by atoms with Gasteiger partial charge in [-0.1, -0.05) is 78.2 Å². The van der Waals surface area contributed by atoms with Gasteiger partial charge in [-0.15, -0.1) is 32.3 Å². The number of nitrogens with one attached hydrogen (secondary N) is 1. The minimum Gasteiger partial charge on any atom is -0.313 e. The highest BCUT2D eigenvalue weighted by atomic mass is 19.1. The van der Waals surface area contributed by atoms with E-state index in [4.69, 9.17) is 0 Å². The Morgan fingerprint density at radius 3 is 2.06 bits per heavy atom. The molecule has 35 heavy (non-hydrogen) atoms. The number of rotatable bonds is 9. The van der Waals surface area contributed by atoms with E-state index in [0.717, 1.165) is 37.6 Å². The van der Waals surface area contributed by atoms with Crippen LogP contribution in [0.1, 0.15) is 92.1 Å². The van der Waals surface area contributed by atoms with E-state index in [9.17, 15) is 8.78 Å². The van der Waals surface area contributed by atoms with Crippen LogP contribution in [0.5, 0.6) is 0 Å². The molecule has 0 radical (unpaired) electrons. The number of hydrogen-bond donors (Lipinski definition) is 1. The van der Waals surface area contributed by atoms with Crippen molar-refractivity contribution in [2.24, 2.45) is 5.92 Å². The van der Waals surface area contributed by atoms with Gasteiger partial charge in [-0.05, 0) is 62.8 Å². The average Bonchev–Trinajstić information content (AvgIpc) is 3.31. The van der Waals surface area contributed by atoms with Gasteiger partial charge in [0.15, 0.2) is 0 Å². The average molecular weight is 488 g/mol. The molecule has 1 aromatic carbocycles. The Morgan fingerprint density at radius 2 is 1.69 bits per heavy atom. The first-order chi connectivity index (χ1) is 16.8. The van der Waals surface area contributed by atoms with E-state index in [0.29, 0.717) is 11.5 Å². The lowest BCUT2D eigenvalue weighted by atomic mass is 10.0. The summed E-state index contributed by atoms with van der Waals surface area (Å²) in [6.45, 7) is 21.8. The zero-order chi connectivity index (χ0) is 28.1. The van der Waals surface area contributed by atoms with Crippen LogP contribution in [0.4, 0.5) is 8.78 Å². The third-order valence-electron chi connectivity index (χ3n) is 4.55. The Morgan fingerprint density at radius 1 is 1.09 bits per heavy atom. The monoisotopic (exact) mass is 487 g/mol. The maximum Gasteiger partial charge on any atom is 0.133 e. The summed E-state index contributed by atoms with van der Waals surface area (Å²) in [6.07, 6.45) is 28.5. The maximum atomic E-state index is 13.3. The second-order valence-corrected chi connectivity index (χ2v) is 7.77. The lowest BCUT2D eigenvalue weighted by Crippen LogP contribution is -2.14. The molecule has 1 atom stereocenters. The van der Waals surface area contributed by atoms with Crippen molar-refractivity contribution in [3.05, 3.63) is 66.3 Å². The summed E-state index contributed by atoms with van der Waals surface area (Å²) in [7, 11) is 0. The minimum atomic E-state index is -0.516. The summed E-state index contributed by atoms with van der Waals surface area (Å²) in [5.41, 5.74) is 2.76. The van der Waals surface area contributed by atoms with Crippen LogP contribution in [0, 0.1) is 43.2 Å². The van der Waals surface area contributed by atoms with Gasteiger partial charge in [0.2, 0.25) is 0 Å². The lowest BCUT2D eigenvalue weighted by Gasteiger charge is -2.05. The van der Waals surface area contributed by atoms with E-state index in [2.05, 4.69) is 64.9 Å². The largest absolute Gasteiger partial charge is 0.313 e. The van der Waals surface area contributed by atoms with Crippen LogP contribution < -0.4 is 5.32 Å². The molecule has 3 heteroatoms. The van der Waals surface area contributed by atoms with E-state index in [1.807, 2.05) is 32.9 Å². The van der Waals surface area contributed by atoms with Crippen molar-refractivity contribution in [2.45, 2.75) is 86.5 Å². The first-order valence-corrected chi connectivity index (χ1v) is 12.6. The molecule has 1 nitrogen and oxygen atoms in total. The minimum absolute atomic E-state index is 0.453. The second kappa shape index (κ2) is 31.4. The van der Waals surface area contributed by atoms with E-state index >= 15 is 0 Å². The normalized spacial score (nSPS) is 12.6. The fourth-order valence-corrected chi connectivity index (χ4v) is 2.91. The van der Waals surface area contributed by atoms with Crippen LogP contribution in [0.3, 0.4) is 0 Å². The van der Waals surface area contributed by atoms with Crippen molar-refractivity contribution < 1.29 is 8.78 Å². The van der Waals surface area contributed by atoms with Gasteiger partial charge in [-0.25, -0.2) is 8.78 Å². The van der Waals surface area contributed by atoms with E-state index in [-0.39, 0.29) is 0 Å². The molecule has 1 aromatic rings. The Kier molecular flexibility index (Phi) is 35.5. The first-order valence-electron chi connectivity index (χ1n) is 12.6. The fraction of sp³-hybridized carbons (Fsp3) is 0.500. The van der Waals surface area contributed by atoms with Gasteiger partial charge in [-0.3, -0.25) is 0 Å². The number of terminal acetylenes is 2. The highest BCUT2D eigenvalue weighted by Crippen LogP contribution is 2.33. The summed E-state index contributed by atoms with van der Waals surface area (Å²) >= 11 is 0. The van der Waals surface area contributed by atoms with Crippen molar-refractivity contribution in [1.82, 2.24) is 5.32 Å². The molecule has 1 aliphatic rings. The highest BCUT2D eigenvalue weighted by molar-refractivity contribution is 5.67. The molecule has 0 saturated carbocycles. The first kappa shape index (κ1) is 39.6. The predicted molar refractivity (Wildman–Crippen MR) is 156 cm³/mol. The van der Waals surface area contributed by atoms with Crippen LogP contribution in [0.25, 0.3) is 5.57 Å². The van der Waals surface area contributed by atoms with Crippen molar-refractivity contribution in [2.75, 3.05) is 13.1 Å². The van der Waals surface area contributed by atoms with Crippen LogP contribution >= 0.6 is 0 Å². The van der Waals surface area contributed by atoms with Gasteiger partial charge < -0.3 is 5.32 Å². The molecule has 0 fully saturated rings. The molecule has 2 rings (SSSR count). The summed E-state index contributed by atoms with van der Waals surface area (Å²) in [6, 6.07) is 3.77. The van der Waals surface area contributed by atoms with Crippen LogP contribution in [-0.2, 0) is 0 Å². The molecule has 0 aromatic heterocycles. The zero-order valence-electron chi connectivity index (χ0n) is 23.3. The Labute approximate surface area is 217 Å². The number of likely N-dealkylation sites (N-methyl/N-ethyl adjacent to an activating group) is 1. The van der Waals surface area contributed by atoms with E-state index in [1.54, 1.807) is 0 Å². The van der Waals surface area contributed by atoms with Gasteiger partial charge in [0, 0.05) is 18.2 Å². The summed E-state index contributed by atoms with van der Waals surface area (Å²) in [5.74, 6) is -0.391. The summed E-state index contributed by atoms with van der Waals surface area (Å²) in [5, 5.41) is 3.15. The third-order valence-corrected chi connectivity index (χ3v) is 4.55. The van der Waals surface area contributed by atoms with Gasteiger partial charge in [0.05, 0.1) is 0 Å². The smallest absolute Gasteiger partial charge is 0.133 e. The second-order valence-electron chi connectivity index (χ2n) is 7.77. The van der Waals surface area contributed by atoms with Crippen LogP contribution in [0.15, 0.2) is 49.1 Å². The van der Waals surface area contributed by atoms with Gasteiger partial charge in [0.1, 0.15) is 11.6 Å². The predicted octanol–water partition coefficient (Wildman–Crippen LogP) is 9.62. The van der Waals surface area contributed by atoms with Gasteiger partial charge in [0.25, 0.3) is 0 Å². The molecule has 0 heterocycles. The molecular weight excluding hydrogens is 436 g/mol. The Balaban J connectivity index is -0.000000198. The molecule has 1 unspecified atom stereocenters. The van der Waals surface area contributed by atoms with E-state index < -0.39 is 11.6 Å².